The summed E-state index contributed by atoms with van der Waals surface area (Å²) in [7, 11) is 0. The minimum absolute atomic E-state index is 0.0713. The molecule has 0 aliphatic heterocycles. The van der Waals surface area contributed by atoms with Crippen molar-refractivity contribution in [1.82, 2.24) is 9.38 Å². The van der Waals surface area contributed by atoms with Crippen molar-refractivity contribution in [1.29, 1.82) is 0 Å². The smallest absolute Gasteiger partial charge is 0.356 e. The molecule has 0 spiro atoms. The molecule has 66 valence electrons. The van der Waals surface area contributed by atoms with Gasteiger partial charge in [0.05, 0.1) is 0 Å². The molecule has 0 saturated heterocycles. The Morgan fingerprint density at radius 3 is 2.92 bits per heavy atom. The van der Waals surface area contributed by atoms with Crippen LogP contribution in [0.1, 0.15) is 10.5 Å². The van der Waals surface area contributed by atoms with Crippen molar-refractivity contribution in [3.63, 3.8) is 0 Å². The molecule has 13 heavy (non-hydrogen) atoms. The van der Waals surface area contributed by atoms with Crippen LogP contribution in [-0.4, -0.2) is 20.5 Å². The Kier molecular flexibility index (Phi) is 1.95. The summed E-state index contributed by atoms with van der Waals surface area (Å²) in [5.74, 6) is -1.00. The second-order valence-electron chi connectivity index (χ2n) is 2.54. The molecule has 0 aliphatic carbocycles. The number of carbonyl (C=O) groups is 1. The van der Waals surface area contributed by atoms with Crippen molar-refractivity contribution in [3.8, 4) is 0 Å². The first kappa shape index (κ1) is 8.49. The molecule has 0 bridgehead atoms. The van der Waals surface area contributed by atoms with Gasteiger partial charge in [-0.1, -0.05) is 0 Å². The quantitative estimate of drug-likeness (QED) is 0.812. The van der Waals surface area contributed by atoms with E-state index in [1.54, 1.807) is 10.5 Å². The van der Waals surface area contributed by atoms with Crippen LogP contribution in [0.5, 0.6) is 0 Å². The van der Waals surface area contributed by atoms with Crippen LogP contribution >= 0.6 is 22.6 Å². The van der Waals surface area contributed by atoms with Crippen molar-refractivity contribution >= 4 is 34.2 Å². The van der Waals surface area contributed by atoms with Gasteiger partial charge in [0.1, 0.15) is 5.65 Å². The zero-order valence-corrected chi connectivity index (χ0v) is 8.59. The molecule has 4 nitrogen and oxygen atoms in total. The molecule has 2 rings (SSSR count). The number of hydrogen-bond donors (Lipinski definition) is 1. The van der Waals surface area contributed by atoms with Crippen LogP contribution in [0.15, 0.2) is 24.5 Å². The first-order chi connectivity index (χ1) is 6.16. The van der Waals surface area contributed by atoms with E-state index in [9.17, 15) is 4.79 Å². The molecule has 0 aliphatic rings. The minimum atomic E-state index is -1.00. The van der Waals surface area contributed by atoms with Gasteiger partial charge >= 0.3 is 5.97 Å². The summed E-state index contributed by atoms with van der Waals surface area (Å²) in [4.78, 5) is 14.5. The van der Waals surface area contributed by atoms with E-state index in [1.165, 1.54) is 6.20 Å². The SMILES string of the molecule is O=C(O)c1cn2cc(I)ccc2n1. The lowest BCUT2D eigenvalue weighted by atomic mass is 10.5. The van der Waals surface area contributed by atoms with Gasteiger partial charge in [-0.25, -0.2) is 9.78 Å². The third-order valence-electron chi connectivity index (χ3n) is 1.63. The Balaban J connectivity index is 2.68. The molecule has 2 aromatic heterocycles. The highest BCUT2D eigenvalue weighted by molar-refractivity contribution is 14.1. The van der Waals surface area contributed by atoms with E-state index in [-0.39, 0.29) is 5.69 Å². The van der Waals surface area contributed by atoms with Gasteiger partial charge in [0.15, 0.2) is 5.69 Å². The fraction of sp³-hybridized carbons (Fsp3) is 0. The molecular weight excluding hydrogens is 283 g/mol. The number of hydrogen-bond acceptors (Lipinski definition) is 2. The minimum Gasteiger partial charge on any atom is -0.476 e. The molecular formula is C8H5IN2O2. The monoisotopic (exact) mass is 288 g/mol. The molecule has 2 heterocycles. The summed E-state index contributed by atoms with van der Waals surface area (Å²) < 4.78 is 2.74. The Bertz CT molecular complexity index is 478. The molecule has 5 heteroatoms. The summed E-state index contributed by atoms with van der Waals surface area (Å²) in [6.07, 6.45) is 3.33. The highest BCUT2D eigenvalue weighted by Crippen LogP contribution is 2.09. The molecule has 0 amide bonds. The lowest BCUT2D eigenvalue weighted by Gasteiger charge is -1.91. The predicted octanol–water partition coefficient (Wildman–Crippen LogP) is 1.64. The molecule has 0 unspecified atom stereocenters. The van der Waals surface area contributed by atoms with E-state index in [4.69, 9.17) is 5.11 Å². The van der Waals surface area contributed by atoms with E-state index in [0.717, 1.165) is 3.57 Å². The lowest BCUT2D eigenvalue weighted by molar-refractivity contribution is 0.0691. The number of pyridine rings is 1. The van der Waals surface area contributed by atoms with Gasteiger partial charge in [0.25, 0.3) is 0 Å². The van der Waals surface area contributed by atoms with E-state index < -0.39 is 5.97 Å². The first-order valence-electron chi connectivity index (χ1n) is 3.54. The van der Waals surface area contributed by atoms with Crippen LogP contribution in [0, 0.1) is 3.57 Å². The third-order valence-corrected chi connectivity index (χ3v) is 2.27. The van der Waals surface area contributed by atoms with Gasteiger partial charge in [-0.15, -0.1) is 0 Å². The van der Waals surface area contributed by atoms with E-state index in [0.29, 0.717) is 5.65 Å². The van der Waals surface area contributed by atoms with Crippen LogP contribution in [0.2, 0.25) is 0 Å². The van der Waals surface area contributed by atoms with Gasteiger partial charge in [-0.05, 0) is 34.7 Å². The Hall–Kier alpha value is -1.11. The number of fused-ring (bicyclic) bond motifs is 1. The molecule has 1 N–H and O–H groups in total. The van der Waals surface area contributed by atoms with Crippen LogP contribution in [-0.2, 0) is 0 Å². The molecule has 0 atom stereocenters. The standard InChI is InChI=1S/C8H5IN2O2/c9-5-1-2-7-10-6(8(12)13)4-11(7)3-5/h1-4H,(H,12,13). The zero-order chi connectivity index (χ0) is 9.42. The molecule has 2 aromatic rings. The molecule has 0 saturated carbocycles. The third kappa shape index (κ3) is 1.51. The fourth-order valence-electron chi connectivity index (χ4n) is 1.07. The number of nitrogens with zero attached hydrogens (tertiary/aromatic N) is 2. The zero-order valence-electron chi connectivity index (χ0n) is 6.44. The van der Waals surface area contributed by atoms with Crippen molar-refractivity contribution in [2.45, 2.75) is 0 Å². The maximum atomic E-state index is 10.6. The number of aromatic nitrogens is 2. The van der Waals surface area contributed by atoms with Crippen LogP contribution in [0.25, 0.3) is 5.65 Å². The second kappa shape index (κ2) is 2.99. The van der Waals surface area contributed by atoms with Crippen LogP contribution in [0.4, 0.5) is 0 Å². The topological polar surface area (TPSA) is 54.6 Å². The number of halogens is 1. The molecule has 0 aromatic carbocycles. The molecule has 0 fully saturated rings. The van der Waals surface area contributed by atoms with Crippen LogP contribution in [0.3, 0.4) is 0 Å². The summed E-state index contributed by atoms with van der Waals surface area (Å²) >= 11 is 2.16. The second-order valence-corrected chi connectivity index (χ2v) is 3.79. The Morgan fingerprint density at radius 2 is 2.23 bits per heavy atom. The van der Waals surface area contributed by atoms with Crippen molar-refractivity contribution in [2.75, 3.05) is 0 Å². The molecule has 0 radical (unpaired) electrons. The van der Waals surface area contributed by atoms with Crippen molar-refractivity contribution in [2.24, 2.45) is 0 Å². The highest BCUT2D eigenvalue weighted by Gasteiger charge is 2.07. The van der Waals surface area contributed by atoms with Gasteiger partial charge in [0.2, 0.25) is 0 Å². The number of aromatic carboxylic acids is 1. The predicted molar refractivity (Wildman–Crippen MR) is 54.9 cm³/mol. The number of imidazole rings is 1. The van der Waals surface area contributed by atoms with Gasteiger partial charge in [0, 0.05) is 16.0 Å². The average Bonchev–Trinajstić information content (AvgIpc) is 2.46. The lowest BCUT2D eigenvalue weighted by Crippen LogP contribution is -1.94. The fourth-order valence-corrected chi connectivity index (χ4v) is 1.55. The van der Waals surface area contributed by atoms with E-state index in [2.05, 4.69) is 27.6 Å². The Labute approximate surface area is 87.4 Å². The Morgan fingerprint density at radius 1 is 1.46 bits per heavy atom. The number of carboxylic acid groups (broad SMARTS) is 1. The van der Waals surface area contributed by atoms with Crippen molar-refractivity contribution in [3.05, 3.63) is 33.8 Å². The maximum absolute atomic E-state index is 10.6. The average molecular weight is 288 g/mol. The van der Waals surface area contributed by atoms with E-state index in [1.807, 2.05) is 12.3 Å². The summed E-state index contributed by atoms with van der Waals surface area (Å²) in [6.45, 7) is 0. The first-order valence-corrected chi connectivity index (χ1v) is 4.62. The summed E-state index contributed by atoms with van der Waals surface area (Å²) in [5, 5.41) is 8.68. The van der Waals surface area contributed by atoms with E-state index >= 15 is 0 Å². The summed E-state index contributed by atoms with van der Waals surface area (Å²) in [5.41, 5.74) is 0.722. The van der Waals surface area contributed by atoms with Gasteiger partial charge < -0.3 is 9.51 Å². The van der Waals surface area contributed by atoms with Crippen LogP contribution < -0.4 is 0 Å². The summed E-state index contributed by atoms with van der Waals surface area (Å²) in [6, 6.07) is 3.67. The van der Waals surface area contributed by atoms with Crippen molar-refractivity contribution < 1.29 is 9.90 Å². The normalized spacial score (nSPS) is 10.5. The largest absolute Gasteiger partial charge is 0.476 e. The number of rotatable bonds is 1. The van der Waals surface area contributed by atoms with Gasteiger partial charge in [-0.2, -0.15) is 0 Å². The maximum Gasteiger partial charge on any atom is 0.356 e. The number of carboxylic acids is 1. The van der Waals surface area contributed by atoms with Gasteiger partial charge in [-0.3, -0.25) is 0 Å². The highest BCUT2D eigenvalue weighted by atomic mass is 127.